The predicted octanol–water partition coefficient (Wildman–Crippen LogP) is 3.74. The first-order valence-electron chi connectivity index (χ1n) is 10.3. The van der Waals surface area contributed by atoms with Crippen LogP contribution in [0.4, 0.5) is 11.8 Å². The lowest BCUT2D eigenvalue weighted by Gasteiger charge is -2.35. The first kappa shape index (κ1) is 19.4. The van der Waals surface area contributed by atoms with E-state index in [1.54, 1.807) is 0 Å². The molecule has 4 rings (SSSR count). The minimum absolute atomic E-state index is 0.835. The van der Waals surface area contributed by atoms with E-state index >= 15 is 0 Å². The van der Waals surface area contributed by atoms with Crippen LogP contribution >= 0.6 is 0 Å². The highest BCUT2D eigenvalue weighted by atomic mass is 15.3. The van der Waals surface area contributed by atoms with Gasteiger partial charge in [0.05, 0.1) is 0 Å². The van der Waals surface area contributed by atoms with Crippen molar-refractivity contribution in [1.82, 2.24) is 14.9 Å². The summed E-state index contributed by atoms with van der Waals surface area (Å²) in [6.45, 7) is 7.87. The number of aromatic nitrogens is 2. The molecule has 150 valence electrons. The summed E-state index contributed by atoms with van der Waals surface area (Å²) in [5.74, 6) is 1.82. The van der Waals surface area contributed by atoms with Crippen LogP contribution < -0.4 is 9.80 Å². The average molecular weight is 388 g/mol. The van der Waals surface area contributed by atoms with Crippen molar-refractivity contribution in [1.29, 1.82) is 0 Å². The van der Waals surface area contributed by atoms with Gasteiger partial charge in [-0.15, -0.1) is 0 Å². The van der Waals surface area contributed by atoms with Crippen LogP contribution in [0, 0.1) is 6.92 Å². The first-order chi connectivity index (χ1) is 14.2. The van der Waals surface area contributed by atoms with Crippen LogP contribution in [0.15, 0.2) is 66.7 Å². The zero-order valence-electron chi connectivity index (χ0n) is 17.3. The van der Waals surface area contributed by atoms with E-state index in [1.807, 2.05) is 6.07 Å². The van der Waals surface area contributed by atoms with Gasteiger partial charge in [-0.1, -0.05) is 60.7 Å². The van der Waals surface area contributed by atoms with E-state index in [9.17, 15) is 0 Å². The Labute approximate surface area is 173 Å². The summed E-state index contributed by atoms with van der Waals surface area (Å²) in [7, 11) is 2.09. The zero-order chi connectivity index (χ0) is 20.1. The van der Waals surface area contributed by atoms with Crippen molar-refractivity contribution < 1.29 is 0 Å². The first-order valence-corrected chi connectivity index (χ1v) is 10.3. The molecule has 0 unspecified atom stereocenters. The van der Waals surface area contributed by atoms with E-state index in [2.05, 4.69) is 89.3 Å². The molecule has 29 heavy (non-hydrogen) atoms. The van der Waals surface area contributed by atoms with Gasteiger partial charge in [0.1, 0.15) is 5.82 Å². The molecule has 0 amide bonds. The fourth-order valence-corrected chi connectivity index (χ4v) is 3.76. The summed E-state index contributed by atoms with van der Waals surface area (Å²) in [6, 6.07) is 23.3. The lowest BCUT2D eigenvalue weighted by atomic mass is 10.2. The van der Waals surface area contributed by atoms with Crippen LogP contribution in [0.2, 0.25) is 0 Å². The Kier molecular flexibility index (Phi) is 6.06. The molecule has 2 aromatic carbocycles. The maximum absolute atomic E-state index is 4.88. The molecular formula is C24H29N5. The Morgan fingerprint density at radius 1 is 0.828 bits per heavy atom. The number of anilines is 2. The molecular weight excluding hydrogens is 358 g/mol. The van der Waals surface area contributed by atoms with Crippen molar-refractivity contribution >= 4 is 11.8 Å². The minimum Gasteiger partial charge on any atom is -0.355 e. The number of piperazine rings is 1. The number of benzene rings is 2. The highest BCUT2D eigenvalue weighted by molar-refractivity contribution is 5.46. The Hall–Kier alpha value is -2.92. The molecule has 0 radical (unpaired) electrons. The van der Waals surface area contributed by atoms with Gasteiger partial charge in [-0.05, 0) is 18.1 Å². The van der Waals surface area contributed by atoms with Crippen LogP contribution in [0.5, 0.6) is 0 Å². The van der Waals surface area contributed by atoms with Gasteiger partial charge in [0.15, 0.2) is 0 Å². The van der Waals surface area contributed by atoms with E-state index in [-0.39, 0.29) is 0 Å². The van der Waals surface area contributed by atoms with Crippen LogP contribution in [0.25, 0.3) is 0 Å². The van der Waals surface area contributed by atoms with Gasteiger partial charge < -0.3 is 9.80 Å². The number of aryl methyl sites for hydroxylation is 1. The van der Waals surface area contributed by atoms with Crippen molar-refractivity contribution in [2.75, 3.05) is 43.0 Å². The highest BCUT2D eigenvalue weighted by Gasteiger charge is 2.20. The number of hydrogen-bond acceptors (Lipinski definition) is 5. The molecule has 1 saturated heterocycles. The SMILES string of the molecule is Cc1cc(N(C)Cc2ccccc2)nc(N2CCN(Cc3ccccc3)CC2)n1. The zero-order valence-corrected chi connectivity index (χ0v) is 17.3. The molecule has 0 aliphatic carbocycles. The van der Waals surface area contributed by atoms with E-state index < -0.39 is 0 Å². The monoisotopic (exact) mass is 387 g/mol. The third-order valence-corrected chi connectivity index (χ3v) is 5.39. The van der Waals surface area contributed by atoms with Crippen molar-refractivity contribution in [3.05, 3.63) is 83.6 Å². The fraction of sp³-hybridized carbons (Fsp3) is 0.333. The summed E-state index contributed by atoms with van der Waals surface area (Å²) >= 11 is 0. The van der Waals surface area contributed by atoms with Gasteiger partial charge in [-0.3, -0.25) is 4.90 Å². The topological polar surface area (TPSA) is 35.5 Å². The maximum atomic E-state index is 4.88. The lowest BCUT2D eigenvalue weighted by molar-refractivity contribution is 0.248. The Morgan fingerprint density at radius 3 is 2.10 bits per heavy atom. The molecule has 1 aliphatic heterocycles. The van der Waals surface area contributed by atoms with Gasteiger partial charge >= 0.3 is 0 Å². The Bertz CT molecular complexity index is 905. The highest BCUT2D eigenvalue weighted by Crippen LogP contribution is 2.20. The van der Waals surface area contributed by atoms with E-state index in [1.165, 1.54) is 11.1 Å². The Balaban J connectivity index is 1.40. The van der Waals surface area contributed by atoms with E-state index in [4.69, 9.17) is 9.97 Å². The standard InChI is InChI=1S/C24H29N5/c1-20-17-23(27(2)18-21-9-5-3-6-10-21)26-24(25-20)29-15-13-28(14-16-29)19-22-11-7-4-8-12-22/h3-12,17H,13-16,18-19H2,1-2H3. The van der Waals surface area contributed by atoms with Crippen molar-refractivity contribution in [2.24, 2.45) is 0 Å². The molecule has 0 N–H and O–H groups in total. The second kappa shape index (κ2) is 9.05. The number of hydrogen-bond donors (Lipinski definition) is 0. The number of rotatable bonds is 6. The van der Waals surface area contributed by atoms with Gasteiger partial charge in [-0.25, -0.2) is 4.98 Å². The molecule has 3 aromatic rings. The summed E-state index contributed by atoms with van der Waals surface area (Å²) in [5.41, 5.74) is 3.66. The fourth-order valence-electron chi connectivity index (χ4n) is 3.76. The normalized spacial score (nSPS) is 14.8. The molecule has 1 fully saturated rings. The summed E-state index contributed by atoms with van der Waals surface area (Å²) in [6.07, 6.45) is 0. The van der Waals surface area contributed by atoms with Crippen LogP contribution in [-0.4, -0.2) is 48.1 Å². The van der Waals surface area contributed by atoms with E-state index in [0.29, 0.717) is 0 Å². The lowest BCUT2D eigenvalue weighted by Crippen LogP contribution is -2.46. The third kappa shape index (κ3) is 5.12. The summed E-state index contributed by atoms with van der Waals surface area (Å²) < 4.78 is 0. The second-order valence-electron chi connectivity index (χ2n) is 7.76. The molecule has 5 nitrogen and oxygen atoms in total. The minimum atomic E-state index is 0.835. The van der Waals surface area contributed by atoms with Gasteiger partial charge in [0.2, 0.25) is 5.95 Å². The molecule has 0 atom stereocenters. The molecule has 1 aromatic heterocycles. The van der Waals surface area contributed by atoms with Crippen molar-refractivity contribution in [2.45, 2.75) is 20.0 Å². The summed E-state index contributed by atoms with van der Waals surface area (Å²) in [4.78, 5) is 16.6. The molecule has 5 heteroatoms. The average Bonchev–Trinajstić information content (AvgIpc) is 2.75. The largest absolute Gasteiger partial charge is 0.355 e. The molecule has 2 heterocycles. The number of nitrogens with zero attached hydrogens (tertiary/aromatic N) is 5. The maximum Gasteiger partial charge on any atom is 0.227 e. The molecule has 1 aliphatic rings. The van der Waals surface area contributed by atoms with Crippen LogP contribution in [0.1, 0.15) is 16.8 Å². The van der Waals surface area contributed by atoms with Crippen molar-refractivity contribution in [3.8, 4) is 0 Å². The van der Waals surface area contributed by atoms with Crippen LogP contribution in [-0.2, 0) is 13.1 Å². The van der Waals surface area contributed by atoms with E-state index in [0.717, 1.165) is 56.7 Å². The molecule has 0 bridgehead atoms. The summed E-state index contributed by atoms with van der Waals surface area (Å²) in [5, 5.41) is 0. The second-order valence-corrected chi connectivity index (χ2v) is 7.76. The molecule has 0 saturated carbocycles. The van der Waals surface area contributed by atoms with Crippen molar-refractivity contribution in [3.63, 3.8) is 0 Å². The Morgan fingerprint density at radius 2 is 1.45 bits per heavy atom. The quantitative estimate of drug-likeness (QED) is 0.644. The van der Waals surface area contributed by atoms with Gasteiger partial charge in [0, 0.05) is 58.1 Å². The van der Waals surface area contributed by atoms with Crippen LogP contribution in [0.3, 0.4) is 0 Å². The predicted molar refractivity (Wildman–Crippen MR) is 119 cm³/mol. The van der Waals surface area contributed by atoms with Gasteiger partial charge in [0.25, 0.3) is 0 Å². The third-order valence-electron chi connectivity index (χ3n) is 5.39. The van der Waals surface area contributed by atoms with Gasteiger partial charge in [-0.2, -0.15) is 4.98 Å². The molecule has 0 spiro atoms. The smallest absolute Gasteiger partial charge is 0.227 e.